The summed E-state index contributed by atoms with van der Waals surface area (Å²) in [5.74, 6) is 2.25. The van der Waals surface area contributed by atoms with E-state index in [9.17, 15) is 0 Å². The van der Waals surface area contributed by atoms with Gasteiger partial charge in [-0.05, 0) is 42.7 Å². The Morgan fingerprint density at radius 1 is 1.47 bits per heavy atom. The highest BCUT2D eigenvalue weighted by Gasteiger charge is 2.24. The van der Waals surface area contributed by atoms with Crippen LogP contribution in [0.2, 0.25) is 0 Å². The summed E-state index contributed by atoms with van der Waals surface area (Å²) in [5.41, 5.74) is 2.69. The van der Waals surface area contributed by atoms with Gasteiger partial charge in [0.1, 0.15) is 5.75 Å². The average Bonchev–Trinajstić information content (AvgIpc) is 2.27. The second-order valence-corrected chi connectivity index (χ2v) is 4.65. The van der Waals surface area contributed by atoms with E-state index in [1.54, 1.807) is 7.11 Å². The van der Waals surface area contributed by atoms with Gasteiger partial charge >= 0.3 is 0 Å². The molecule has 0 saturated heterocycles. The van der Waals surface area contributed by atoms with Gasteiger partial charge in [0.25, 0.3) is 0 Å². The van der Waals surface area contributed by atoms with Gasteiger partial charge in [0.05, 0.1) is 13.3 Å². The van der Waals surface area contributed by atoms with Gasteiger partial charge in [-0.15, -0.1) is 0 Å². The molecule has 0 aromatic carbocycles. The standard InChI is InChI=1S/C13H19NO/c1-9(2)11-5-4-6-13-12(11)7-10(15-3)8-14-13/h7-9,11H,4-6H2,1-3H3/t11-/m1/s1. The Bertz CT molecular complexity index is 346. The molecule has 1 atom stereocenters. The van der Waals surface area contributed by atoms with E-state index in [1.165, 1.54) is 24.1 Å². The van der Waals surface area contributed by atoms with E-state index >= 15 is 0 Å². The predicted molar refractivity (Wildman–Crippen MR) is 61.3 cm³/mol. The van der Waals surface area contributed by atoms with Crippen LogP contribution in [0.25, 0.3) is 0 Å². The molecule has 0 N–H and O–H groups in total. The Hall–Kier alpha value is -1.05. The van der Waals surface area contributed by atoms with E-state index < -0.39 is 0 Å². The Balaban J connectivity index is 2.39. The summed E-state index contributed by atoms with van der Waals surface area (Å²) in [4.78, 5) is 4.50. The molecule has 2 heteroatoms. The van der Waals surface area contributed by atoms with Crippen LogP contribution >= 0.6 is 0 Å². The van der Waals surface area contributed by atoms with Crippen molar-refractivity contribution in [1.82, 2.24) is 4.98 Å². The van der Waals surface area contributed by atoms with E-state index in [-0.39, 0.29) is 0 Å². The topological polar surface area (TPSA) is 22.1 Å². The van der Waals surface area contributed by atoms with Crippen molar-refractivity contribution in [3.05, 3.63) is 23.5 Å². The SMILES string of the molecule is COc1cnc2c(c1)[C@@H](C(C)C)CCC2. The highest BCUT2D eigenvalue weighted by molar-refractivity contribution is 5.34. The number of nitrogens with zero attached hydrogens (tertiary/aromatic N) is 1. The minimum Gasteiger partial charge on any atom is -0.495 e. The maximum atomic E-state index is 5.25. The molecule has 82 valence electrons. The van der Waals surface area contributed by atoms with Crippen LogP contribution in [-0.2, 0) is 6.42 Å². The Morgan fingerprint density at radius 3 is 2.93 bits per heavy atom. The van der Waals surface area contributed by atoms with Crippen LogP contribution in [0.4, 0.5) is 0 Å². The van der Waals surface area contributed by atoms with Crippen LogP contribution < -0.4 is 4.74 Å². The van der Waals surface area contributed by atoms with Gasteiger partial charge in [-0.25, -0.2) is 0 Å². The van der Waals surface area contributed by atoms with E-state index in [2.05, 4.69) is 24.9 Å². The first-order chi connectivity index (χ1) is 7.22. The number of pyridine rings is 1. The third kappa shape index (κ3) is 1.99. The van der Waals surface area contributed by atoms with Crippen molar-refractivity contribution in [1.29, 1.82) is 0 Å². The normalized spacial score (nSPS) is 20.1. The molecule has 0 spiro atoms. The summed E-state index contributed by atoms with van der Waals surface area (Å²) in [6.07, 6.45) is 5.53. The molecule has 0 aliphatic heterocycles. The molecule has 1 aliphatic rings. The molecule has 1 aromatic heterocycles. The van der Waals surface area contributed by atoms with Gasteiger partial charge in [0, 0.05) is 5.69 Å². The number of methoxy groups -OCH3 is 1. The zero-order valence-corrected chi connectivity index (χ0v) is 9.79. The molecule has 0 radical (unpaired) electrons. The number of aryl methyl sites for hydroxylation is 1. The van der Waals surface area contributed by atoms with Crippen LogP contribution in [0, 0.1) is 5.92 Å². The van der Waals surface area contributed by atoms with Crippen molar-refractivity contribution in [2.24, 2.45) is 5.92 Å². The quantitative estimate of drug-likeness (QED) is 0.740. The first-order valence-corrected chi connectivity index (χ1v) is 5.75. The van der Waals surface area contributed by atoms with Gasteiger partial charge in [0.2, 0.25) is 0 Å². The Kier molecular flexibility index (Phi) is 2.94. The first-order valence-electron chi connectivity index (χ1n) is 5.75. The van der Waals surface area contributed by atoms with E-state index in [0.29, 0.717) is 11.8 Å². The number of fused-ring (bicyclic) bond motifs is 1. The third-order valence-corrected chi connectivity index (χ3v) is 3.35. The van der Waals surface area contributed by atoms with Gasteiger partial charge in [-0.1, -0.05) is 13.8 Å². The second kappa shape index (κ2) is 4.21. The third-order valence-electron chi connectivity index (χ3n) is 3.35. The molecule has 0 amide bonds. The fourth-order valence-electron chi connectivity index (χ4n) is 2.47. The molecule has 0 fully saturated rings. The average molecular weight is 205 g/mol. The van der Waals surface area contributed by atoms with Crippen LogP contribution in [0.3, 0.4) is 0 Å². The molecule has 2 nitrogen and oxygen atoms in total. The van der Waals surface area contributed by atoms with Crippen molar-refractivity contribution < 1.29 is 4.74 Å². The van der Waals surface area contributed by atoms with E-state index in [0.717, 1.165) is 12.2 Å². The van der Waals surface area contributed by atoms with Crippen LogP contribution in [0.1, 0.15) is 43.9 Å². The lowest BCUT2D eigenvalue weighted by Gasteiger charge is -2.27. The number of hydrogen-bond acceptors (Lipinski definition) is 2. The molecule has 1 heterocycles. The summed E-state index contributed by atoms with van der Waals surface area (Å²) in [6.45, 7) is 4.58. The smallest absolute Gasteiger partial charge is 0.137 e. The summed E-state index contributed by atoms with van der Waals surface area (Å²) in [7, 11) is 1.70. The lowest BCUT2D eigenvalue weighted by atomic mass is 9.79. The molecule has 0 unspecified atom stereocenters. The van der Waals surface area contributed by atoms with Crippen molar-refractivity contribution >= 4 is 0 Å². The highest BCUT2D eigenvalue weighted by atomic mass is 16.5. The number of hydrogen-bond donors (Lipinski definition) is 0. The first kappa shape index (κ1) is 10.5. The zero-order chi connectivity index (χ0) is 10.8. The number of aromatic nitrogens is 1. The van der Waals surface area contributed by atoms with Gasteiger partial charge in [-0.3, -0.25) is 4.98 Å². The molecule has 0 saturated carbocycles. The molecule has 1 aromatic rings. The number of ether oxygens (including phenoxy) is 1. The Morgan fingerprint density at radius 2 is 2.27 bits per heavy atom. The molecular formula is C13H19NO. The van der Waals surface area contributed by atoms with Crippen molar-refractivity contribution in [3.63, 3.8) is 0 Å². The summed E-state index contributed by atoms with van der Waals surface area (Å²) >= 11 is 0. The van der Waals surface area contributed by atoms with E-state index in [1.807, 2.05) is 6.20 Å². The molecule has 15 heavy (non-hydrogen) atoms. The van der Waals surface area contributed by atoms with Crippen LogP contribution in [-0.4, -0.2) is 12.1 Å². The summed E-state index contributed by atoms with van der Waals surface area (Å²) in [6, 6.07) is 2.17. The van der Waals surface area contributed by atoms with Crippen LogP contribution in [0.15, 0.2) is 12.3 Å². The Labute approximate surface area is 91.7 Å². The van der Waals surface area contributed by atoms with Gasteiger partial charge < -0.3 is 4.74 Å². The fourth-order valence-corrected chi connectivity index (χ4v) is 2.47. The molecule has 0 bridgehead atoms. The van der Waals surface area contributed by atoms with Crippen molar-refractivity contribution in [3.8, 4) is 5.75 Å². The van der Waals surface area contributed by atoms with Crippen molar-refractivity contribution in [2.75, 3.05) is 7.11 Å². The van der Waals surface area contributed by atoms with Gasteiger partial charge in [-0.2, -0.15) is 0 Å². The lowest BCUT2D eigenvalue weighted by Crippen LogP contribution is -2.16. The maximum Gasteiger partial charge on any atom is 0.137 e. The highest BCUT2D eigenvalue weighted by Crippen LogP contribution is 2.37. The lowest BCUT2D eigenvalue weighted by molar-refractivity contribution is 0.400. The minimum absolute atomic E-state index is 0.663. The van der Waals surface area contributed by atoms with Crippen molar-refractivity contribution in [2.45, 2.75) is 39.0 Å². The fraction of sp³-hybridized carbons (Fsp3) is 0.615. The predicted octanol–water partition coefficient (Wildman–Crippen LogP) is 3.17. The number of rotatable bonds is 2. The molecule has 2 rings (SSSR count). The van der Waals surface area contributed by atoms with E-state index in [4.69, 9.17) is 4.74 Å². The maximum absolute atomic E-state index is 5.25. The summed E-state index contributed by atoms with van der Waals surface area (Å²) < 4.78 is 5.25. The van der Waals surface area contributed by atoms with Gasteiger partial charge in [0.15, 0.2) is 0 Å². The molecule has 1 aliphatic carbocycles. The second-order valence-electron chi connectivity index (χ2n) is 4.65. The molecular weight excluding hydrogens is 186 g/mol. The monoisotopic (exact) mass is 205 g/mol. The zero-order valence-electron chi connectivity index (χ0n) is 9.79. The van der Waals surface area contributed by atoms with Crippen LogP contribution in [0.5, 0.6) is 5.75 Å². The summed E-state index contributed by atoms with van der Waals surface area (Å²) in [5, 5.41) is 0. The minimum atomic E-state index is 0.663. The largest absolute Gasteiger partial charge is 0.495 e.